The van der Waals surface area contributed by atoms with Crippen LogP contribution in [0.2, 0.25) is 10.4 Å². The van der Waals surface area contributed by atoms with E-state index in [0.29, 0.717) is 0 Å². The Balaban J connectivity index is 2.46. The summed E-state index contributed by atoms with van der Waals surface area (Å²) in [4.78, 5) is 0. The summed E-state index contributed by atoms with van der Waals surface area (Å²) in [7, 11) is 0. The van der Waals surface area contributed by atoms with Crippen LogP contribution in [0, 0.1) is 0 Å². The number of benzene rings is 1. The summed E-state index contributed by atoms with van der Waals surface area (Å²) in [5.74, 6) is 1.06. The van der Waals surface area contributed by atoms with E-state index in [1.807, 2.05) is 18.2 Å². The molecule has 0 aromatic heterocycles. The van der Waals surface area contributed by atoms with Gasteiger partial charge in [0.1, 0.15) is 0 Å². The third-order valence-electron chi connectivity index (χ3n) is 1.92. The van der Waals surface area contributed by atoms with Crippen LogP contribution in [0.5, 0.6) is 5.75 Å². The van der Waals surface area contributed by atoms with Gasteiger partial charge in [-0.1, -0.05) is 0 Å². The van der Waals surface area contributed by atoms with E-state index in [-0.39, 0.29) is 0 Å². The Morgan fingerprint density at radius 1 is 1.00 bits per heavy atom. The molecule has 0 spiro atoms. The molecule has 2 heteroatoms. The van der Waals surface area contributed by atoms with Crippen molar-refractivity contribution in [1.29, 1.82) is 0 Å². The van der Waals surface area contributed by atoms with Crippen LogP contribution >= 0.6 is 0 Å². The van der Waals surface area contributed by atoms with Crippen molar-refractivity contribution >= 4 is 15.0 Å². The molecule has 1 aromatic rings. The van der Waals surface area contributed by atoms with E-state index in [9.17, 15) is 0 Å². The average molecular weight is 254 g/mol. The number of para-hydroxylation sites is 1. The van der Waals surface area contributed by atoms with Crippen molar-refractivity contribution < 1.29 is 3.73 Å². The molecule has 14 heavy (non-hydrogen) atoms. The van der Waals surface area contributed by atoms with Gasteiger partial charge in [0.2, 0.25) is 0 Å². The third-order valence-corrected chi connectivity index (χ3v) is 6.88. The first kappa shape index (κ1) is 11.7. The van der Waals surface area contributed by atoms with Gasteiger partial charge in [-0.05, 0) is 0 Å². The second kappa shape index (κ2) is 6.95. The van der Waals surface area contributed by atoms with Crippen molar-refractivity contribution in [2.24, 2.45) is 0 Å². The number of hydrogen-bond acceptors (Lipinski definition) is 1. The molecule has 1 nitrogen and oxygen atoms in total. The Hall–Kier alpha value is -0.422. The molecular formula is C12H19AsO. The van der Waals surface area contributed by atoms with E-state index in [1.54, 1.807) is 0 Å². The molecule has 0 aliphatic heterocycles. The van der Waals surface area contributed by atoms with Crippen molar-refractivity contribution in [2.75, 3.05) is 0 Å². The molecule has 1 aromatic carbocycles. The first-order valence-electron chi connectivity index (χ1n) is 5.34. The van der Waals surface area contributed by atoms with Crippen LogP contribution in [-0.4, -0.2) is 15.0 Å². The maximum atomic E-state index is 6.04. The van der Waals surface area contributed by atoms with Gasteiger partial charge in [0.25, 0.3) is 0 Å². The van der Waals surface area contributed by atoms with Crippen LogP contribution in [-0.2, 0) is 0 Å². The fourth-order valence-electron chi connectivity index (χ4n) is 1.33. The SMILES string of the molecule is CCC[As](CCC)Oc1ccccc1. The zero-order valence-electron chi connectivity index (χ0n) is 9.07. The molecule has 0 radical (unpaired) electrons. The number of rotatable bonds is 6. The zero-order valence-corrected chi connectivity index (χ0v) is 10.9. The summed E-state index contributed by atoms with van der Waals surface area (Å²) < 4.78 is 6.04. The molecule has 0 bridgehead atoms. The first-order chi connectivity index (χ1) is 6.86. The summed E-state index contributed by atoms with van der Waals surface area (Å²) in [5, 5.41) is 2.60. The molecule has 0 atom stereocenters. The van der Waals surface area contributed by atoms with E-state index in [4.69, 9.17) is 3.73 Å². The number of hydrogen-bond donors (Lipinski definition) is 0. The minimum absolute atomic E-state index is 1.03. The maximum absolute atomic E-state index is 6.04. The summed E-state index contributed by atoms with van der Waals surface area (Å²) >= 11 is -1.03. The molecular weight excluding hydrogens is 235 g/mol. The van der Waals surface area contributed by atoms with Crippen LogP contribution in [0.4, 0.5) is 0 Å². The molecule has 0 fully saturated rings. The summed E-state index contributed by atoms with van der Waals surface area (Å²) in [6.45, 7) is 4.48. The van der Waals surface area contributed by atoms with Gasteiger partial charge in [0, 0.05) is 0 Å². The quantitative estimate of drug-likeness (QED) is 0.700. The first-order valence-corrected chi connectivity index (χ1v) is 8.76. The van der Waals surface area contributed by atoms with Crippen molar-refractivity contribution in [3.05, 3.63) is 30.3 Å². The molecule has 0 saturated heterocycles. The van der Waals surface area contributed by atoms with Crippen molar-refractivity contribution in [2.45, 2.75) is 37.1 Å². The van der Waals surface area contributed by atoms with E-state index < -0.39 is 15.0 Å². The van der Waals surface area contributed by atoms with Crippen LogP contribution in [0.15, 0.2) is 30.3 Å². The Morgan fingerprint density at radius 2 is 1.57 bits per heavy atom. The molecule has 0 saturated carbocycles. The van der Waals surface area contributed by atoms with Gasteiger partial charge in [-0.2, -0.15) is 0 Å². The van der Waals surface area contributed by atoms with E-state index in [1.165, 1.54) is 23.3 Å². The van der Waals surface area contributed by atoms with Crippen LogP contribution in [0.1, 0.15) is 26.7 Å². The Kier molecular flexibility index (Phi) is 5.78. The summed E-state index contributed by atoms with van der Waals surface area (Å²) in [6, 6.07) is 10.2. The van der Waals surface area contributed by atoms with Gasteiger partial charge in [-0.15, -0.1) is 0 Å². The van der Waals surface area contributed by atoms with E-state index >= 15 is 0 Å². The van der Waals surface area contributed by atoms with Gasteiger partial charge >= 0.3 is 91.9 Å². The Morgan fingerprint density at radius 3 is 2.07 bits per heavy atom. The topological polar surface area (TPSA) is 9.23 Å². The molecule has 1 rings (SSSR count). The minimum atomic E-state index is -1.03. The van der Waals surface area contributed by atoms with Crippen LogP contribution in [0.3, 0.4) is 0 Å². The monoisotopic (exact) mass is 254 g/mol. The normalized spacial score (nSPS) is 10.5. The molecule has 0 aliphatic rings. The predicted molar refractivity (Wildman–Crippen MR) is 63.0 cm³/mol. The van der Waals surface area contributed by atoms with Crippen molar-refractivity contribution in [3.8, 4) is 5.75 Å². The van der Waals surface area contributed by atoms with Crippen LogP contribution in [0.25, 0.3) is 0 Å². The van der Waals surface area contributed by atoms with Crippen LogP contribution < -0.4 is 3.73 Å². The van der Waals surface area contributed by atoms with Gasteiger partial charge < -0.3 is 0 Å². The van der Waals surface area contributed by atoms with Crippen molar-refractivity contribution in [1.82, 2.24) is 0 Å². The Labute approximate surface area is 92.1 Å². The average Bonchev–Trinajstić information content (AvgIpc) is 2.20. The van der Waals surface area contributed by atoms with Gasteiger partial charge in [0.15, 0.2) is 0 Å². The molecule has 0 N–H and O–H groups in total. The van der Waals surface area contributed by atoms with Crippen molar-refractivity contribution in [3.63, 3.8) is 0 Å². The van der Waals surface area contributed by atoms with E-state index in [2.05, 4.69) is 26.0 Å². The zero-order chi connectivity index (χ0) is 10.2. The fourth-order valence-corrected chi connectivity index (χ4v) is 5.16. The molecule has 78 valence electrons. The van der Waals surface area contributed by atoms with Gasteiger partial charge in [-0.25, -0.2) is 0 Å². The molecule has 0 unspecified atom stereocenters. The summed E-state index contributed by atoms with van der Waals surface area (Å²) in [6.07, 6.45) is 2.51. The molecule has 0 aliphatic carbocycles. The fraction of sp³-hybridized carbons (Fsp3) is 0.500. The van der Waals surface area contributed by atoms with Gasteiger partial charge in [0.05, 0.1) is 0 Å². The standard InChI is InChI=1S/C12H19AsO/c1-3-10-13(11-4-2)14-12-8-6-5-7-9-12/h5-9H,3-4,10-11H2,1-2H3. The molecule has 0 amide bonds. The predicted octanol–water partition coefficient (Wildman–Crippen LogP) is 3.88. The second-order valence-corrected chi connectivity index (χ2v) is 7.61. The third kappa shape index (κ3) is 4.19. The second-order valence-electron chi connectivity index (χ2n) is 3.33. The van der Waals surface area contributed by atoms with Gasteiger partial charge in [-0.3, -0.25) is 0 Å². The Bertz CT molecular complexity index is 229. The molecule has 0 heterocycles. The van der Waals surface area contributed by atoms with E-state index in [0.717, 1.165) is 5.75 Å². The summed E-state index contributed by atoms with van der Waals surface area (Å²) in [5.41, 5.74) is 0.